The van der Waals surface area contributed by atoms with E-state index in [9.17, 15) is 0 Å². The minimum Gasteiger partial charge on any atom is -0.409 e. The van der Waals surface area contributed by atoms with Crippen LogP contribution in [-0.4, -0.2) is 25.8 Å². The smallest absolute Gasteiger partial charge is 0.170 e. The highest BCUT2D eigenvalue weighted by molar-refractivity contribution is 6.31. The number of nitrogens with two attached hydrogens (primary N) is 1. The Morgan fingerprint density at radius 3 is 2.58 bits per heavy atom. The van der Waals surface area contributed by atoms with Gasteiger partial charge in [0.05, 0.1) is 16.4 Å². The van der Waals surface area contributed by atoms with Gasteiger partial charge in [0.25, 0.3) is 0 Å². The van der Waals surface area contributed by atoms with Crippen molar-refractivity contribution >= 4 is 17.4 Å². The van der Waals surface area contributed by atoms with Crippen LogP contribution in [0.4, 0.5) is 0 Å². The van der Waals surface area contributed by atoms with Gasteiger partial charge in [0, 0.05) is 11.3 Å². The summed E-state index contributed by atoms with van der Waals surface area (Å²) < 4.78 is 1.64. The standard InChI is InChI=1S/C12H14ClN5O/c1-6-4-9(12(14)17-19)5-10(15-6)18-8(3)11(13)7(2)16-18/h4-5,19H,1-3H3,(H2,14,17). The number of hydrogen-bond donors (Lipinski definition) is 2. The summed E-state index contributed by atoms with van der Waals surface area (Å²) in [5.41, 5.74) is 8.44. The summed E-state index contributed by atoms with van der Waals surface area (Å²) in [5.74, 6) is 0.605. The molecule has 2 rings (SSSR count). The fourth-order valence-electron chi connectivity index (χ4n) is 1.81. The number of rotatable bonds is 2. The molecule has 0 aromatic carbocycles. The van der Waals surface area contributed by atoms with Gasteiger partial charge in [-0.2, -0.15) is 5.10 Å². The zero-order valence-electron chi connectivity index (χ0n) is 10.8. The SMILES string of the molecule is Cc1cc(/C(N)=N/O)cc(-n2nc(C)c(Cl)c2C)n1. The van der Waals surface area contributed by atoms with E-state index in [4.69, 9.17) is 22.5 Å². The van der Waals surface area contributed by atoms with Crippen molar-refractivity contribution in [3.8, 4) is 5.82 Å². The molecule has 0 aliphatic rings. The van der Waals surface area contributed by atoms with Crippen molar-refractivity contribution in [2.45, 2.75) is 20.8 Å². The Labute approximate surface area is 115 Å². The van der Waals surface area contributed by atoms with Crippen LogP contribution in [0.15, 0.2) is 17.3 Å². The Morgan fingerprint density at radius 1 is 1.37 bits per heavy atom. The summed E-state index contributed by atoms with van der Waals surface area (Å²) in [4.78, 5) is 4.39. The number of aromatic nitrogens is 3. The topological polar surface area (TPSA) is 89.3 Å². The zero-order valence-corrected chi connectivity index (χ0v) is 11.6. The van der Waals surface area contributed by atoms with E-state index in [-0.39, 0.29) is 5.84 Å². The molecular weight excluding hydrogens is 266 g/mol. The van der Waals surface area contributed by atoms with Crippen molar-refractivity contribution in [3.05, 3.63) is 39.8 Å². The van der Waals surface area contributed by atoms with Crippen LogP contribution in [0.5, 0.6) is 0 Å². The number of amidine groups is 1. The Bertz CT molecular complexity index is 662. The van der Waals surface area contributed by atoms with E-state index in [0.717, 1.165) is 17.1 Å². The maximum atomic E-state index is 8.74. The van der Waals surface area contributed by atoms with Crippen molar-refractivity contribution in [1.82, 2.24) is 14.8 Å². The summed E-state index contributed by atoms with van der Waals surface area (Å²) in [6.45, 7) is 5.51. The van der Waals surface area contributed by atoms with Gasteiger partial charge in [0.2, 0.25) is 0 Å². The molecule has 2 aromatic heterocycles. The highest BCUT2D eigenvalue weighted by Crippen LogP contribution is 2.22. The maximum Gasteiger partial charge on any atom is 0.170 e. The molecule has 0 aliphatic heterocycles. The molecule has 100 valence electrons. The molecule has 0 aliphatic carbocycles. The van der Waals surface area contributed by atoms with E-state index >= 15 is 0 Å². The quantitative estimate of drug-likeness (QED) is 0.380. The van der Waals surface area contributed by atoms with Gasteiger partial charge >= 0.3 is 0 Å². The normalized spacial score (nSPS) is 11.9. The van der Waals surface area contributed by atoms with E-state index in [0.29, 0.717) is 16.4 Å². The molecule has 6 nitrogen and oxygen atoms in total. The summed E-state index contributed by atoms with van der Waals surface area (Å²) in [7, 11) is 0. The predicted molar refractivity (Wildman–Crippen MR) is 73.1 cm³/mol. The van der Waals surface area contributed by atoms with Crippen molar-refractivity contribution in [3.63, 3.8) is 0 Å². The van der Waals surface area contributed by atoms with Crippen molar-refractivity contribution in [2.24, 2.45) is 10.9 Å². The second-order valence-electron chi connectivity index (χ2n) is 4.24. The molecule has 0 saturated heterocycles. The van der Waals surface area contributed by atoms with Gasteiger partial charge in [-0.3, -0.25) is 0 Å². The van der Waals surface area contributed by atoms with Crippen molar-refractivity contribution in [2.75, 3.05) is 0 Å². The van der Waals surface area contributed by atoms with E-state index in [1.54, 1.807) is 16.8 Å². The molecule has 0 atom stereocenters. The monoisotopic (exact) mass is 279 g/mol. The first-order valence-corrected chi connectivity index (χ1v) is 6.00. The minimum absolute atomic E-state index is 0.0272. The first-order chi connectivity index (χ1) is 8.93. The highest BCUT2D eigenvalue weighted by Gasteiger charge is 2.13. The third-order valence-electron chi connectivity index (χ3n) is 2.76. The molecule has 0 bridgehead atoms. The summed E-state index contributed by atoms with van der Waals surface area (Å²) in [6.07, 6.45) is 0. The fourth-order valence-corrected chi connectivity index (χ4v) is 1.93. The van der Waals surface area contributed by atoms with Crippen LogP contribution in [0.2, 0.25) is 5.02 Å². The molecular formula is C12H14ClN5O. The number of aryl methyl sites for hydroxylation is 2. The highest BCUT2D eigenvalue weighted by atomic mass is 35.5. The molecule has 2 aromatic rings. The first-order valence-electron chi connectivity index (χ1n) is 5.62. The Hall–Kier alpha value is -2.08. The lowest BCUT2D eigenvalue weighted by Gasteiger charge is -2.07. The molecule has 0 fully saturated rings. The van der Waals surface area contributed by atoms with Gasteiger partial charge in [-0.15, -0.1) is 0 Å². The number of halogens is 1. The number of nitrogens with zero attached hydrogens (tertiary/aromatic N) is 4. The molecule has 0 spiro atoms. The molecule has 7 heteroatoms. The molecule has 2 heterocycles. The van der Waals surface area contributed by atoms with E-state index in [2.05, 4.69) is 15.2 Å². The van der Waals surface area contributed by atoms with E-state index < -0.39 is 0 Å². The third-order valence-corrected chi connectivity index (χ3v) is 3.31. The van der Waals surface area contributed by atoms with Crippen LogP contribution in [0.25, 0.3) is 5.82 Å². The van der Waals surface area contributed by atoms with Gasteiger partial charge in [0.15, 0.2) is 11.7 Å². The molecule has 0 saturated carbocycles. The van der Waals surface area contributed by atoms with Gasteiger partial charge in [-0.1, -0.05) is 16.8 Å². The Morgan fingerprint density at radius 2 is 2.05 bits per heavy atom. The van der Waals surface area contributed by atoms with Gasteiger partial charge in [-0.25, -0.2) is 9.67 Å². The van der Waals surface area contributed by atoms with Crippen LogP contribution < -0.4 is 5.73 Å². The first kappa shape index (κ1) is 13.4. The summed E-state index contributed by atoms with van der Waals surface area (Å²) in [5, 5.41) is 16.7. The van der Waals surface area contributed by atoms with E-state index in [1.807, 2.05) is 20.8 Å². The number of pyridine rings is 1. The largest absolute Gasteiger partial charge is 0.409 e. The van der Waals surface area contributed by atoms with Gasteiger partial charge in [0.1, 0.15) is 0 Å². The predicted octanol–water partition coefficient (Wildman–Crippen LogP) is 1.94. The Kier molecular flexibility index (Phi) is 3.44. The van der Waals surface area contributed by atoms with Gasteiger partial charge in [-0.05, 0) is 32.9 Å². The van der Waals surface area contributed by atoms with E-state index in [1.165, 1.54) is 0 Å². The fraction of sp³-hybridized carbons (Fsp3) is 0.250. The lowest BCUT2D eigenvalue weighted by atomic mass is 10.2. The average Bonchev–Trinajstić information content (AvgIpc) is 2.65. The second kappa shape index (κ2) is 4.89. The van der Waals surface area contributed by atoms with Crippen LogP contribution in [0.1, 0.15) is 22.6 Å². The molecule has 19 heavy (non-hydrogen) atoms. The number of oxime groups is 1. The second-order valence-corrected chi connectivity index (χ2v) is 4.62. The molecule has 0 amide bonds. The zero-order chi connectivity index (χ0) is 14.2. The van der Waals surface area contributed by atoms with Crippen molar-refractivity contribution < 1.29 is 5.21 Å². The van der Waals surface area contributed by atoms with Crippen molar-refractivity contribution in [1.29, 1.82) is 0 Å². The molecule has 3 N–H and O–H groups in total. The van der Waals surface area contributed by atoms with Crippen LogP contribution >= 0.6 is 11.6 Å². The van der Waals surface area contributed by atoms with Gasteiger partial charge < -0.3 is 10.9 Å². The Balaban J connectivity index is 2.62. The third kappa shape index (κ3) is 2.39. The molecule has 0 radical (unpaired) electrons. The summed E-state index contributed by atoms with van der Waals surface area (Å²) >= 11 is 6.12. The lowest BCUT2D eigenvalue weighted by molar-refractivity contribution is 0.318. The lowest BCUT2D eigenvalue weighted by Crippen LogP contribution is -2.15. The van der Waals surface area contributed by atoms with Crippen LogP contribution in [0, 0.1) is 20.8 Å². The maximum absolute atomic E-state index is 8.74. The minimum atomic E-state index is 0.0272. The number of hydrogen-bond acceptors (Lipinski definition) is 4. The van der Waals surface area contributed by atoms with Crippen LogP contribution in [0.3, 0.4) is 0 Å². The summed E-state index contributed by atoms with van der Waals surface area (Å²) in [6, 6.07) is 3.42. The van der Waals surface area contributed by atoms with Crippen LogP contribution in [-0.2, 0) is 0 Å². The molecule has 0 unspecified atom stereocenters. The average molecular weight is 280 g/mol.